The number of amides is 1. The van der Waals surface area contributed by atoms with Gasteiger partial charge in [0.2, 0.25) is 5.91 Å². The lowest BCUT2D eigenvalue weighted by Crippen LogP contribution is -2.43. The molecule has 1 unspecified atom stereocenters. The lowest BCUT2D eigenvalue weighted by atomic mass is 9.78. The first kappa shape index (κ1) is 22.0. The molecule has 5 heteroatoms. The van der Waals surface area contributed by atoms with Crippen molar-refractivity contribution in [2.24, 2.45) is 5.41 Å². The number of benzene rings is 2. The van der Waals surface area contributed by atoms with Gasteiger partial charge in [-0.3, -0.25) is 14.7 Å². The van der Waals surface area contributed by atoms with Crippen LogP contribution in [0.5, 0.6) is 5.75 Å². The largest absolute Gasteiger partial charge is 0.496 e. The number of rotatable bonds is 7. The zero-order chi connectivity index (χ0) is 22.6. The molecule has 1 atom stereocenters. The van der Waals surface area contributed by atoms with Gasteiger partial charge in [0.15, 0.2) is 0 Å². The van der Waals surface area contributed by atoms with Crippen molar-refractivity contribution in [2.75, 3.05) is 27.2 Å². The van der Waals surface area contributed by atoms with Gasteiger partial charge in [0.25, 0.3) is 0 Å². The minimum absolute atomic E-state index is 0.112. The highest BCUT2D eigenvalue weighted by Gasteiger charge is 2.44. The number of carbonyl (C=O) groups is 1. The molecule has 4 rings (SSSR count). The van der Waals surface area contributed by atoms with E-state index in [1.807, 2.05) is 24.5 Å². The molecule has 0 radical (unpaired) electrons. The van der Waals surface area contributed by atoms with E-state index in [2.05, 4.69) is 64.6 Å². The molecule has 1 aromatic heterocycles. The Morgan fingerprint density at radius 3 is 2.59 bits per heavy atom. The van der Waals surface area contributed by atoms with Crippen LogP contribution in [0.15, 0.2) is 67.0 Å². The van der Waals surface area contributed by atoms with Gasteiger partial charge in [-0.2, -0.15) is 0 Å². The molecule has 1 N–H and O–H groups in total. The summed E-state index contributed by atoms with van der Waals surface area (Å²) in [5, 5.41) is 2.94. The van der Waals surface area contributed by atoms with Crippen LogP contribution in [0.1, 0.15) is 23.1 Å². The molecule has 0 saturated carbocycles. The second-order valence-corrected chi connectivity index (χ2v) is 8.66. The van der Waals surface area contributed by atoms with Crippen LogP contribution in [0, 0.1) is 12.3 Å². The average Bonchev–Trinajstić information content (AvgIpc) is 3.23. The number of para-hydroxylation sites is 1. The van der Waals surface area contributed by atoms with Gasteiger partial charge in [-0.15, -0.1) is 0 Å². The molecule has 0 spiro atoms. The van der Waals surface area contributed by atoms with Crippen molar-refractivity contribution in [3.63, 3.8) is 0 Å². The van der Waals surface area contributed by atoms with E-state index in [4.69, 9.17) is 4.74 Å². The standard InChI is InChI=1S/C27H31N3O2/c1-20-7-6-9-23(25(20)32-3)18-30-16-13-27(19-30,26(31)28-2)17-22-8-4-5-10-24(22)21-11-14-29-15-12-21/h4-12,14-15H,13,16-19H2,1-3H3,(H,28,31). The van der Waals surface area contributed by atoms with Gasteiger partial charge in [0.1, 0.15) is 5.75 Å². The lowest BCUT2D eigenvalue weighted by Gasteiger charge is -2.29. The van der Waals surface area contributed by atoms with Crippen molar-refractivity contribution < 1.29 is 9.53 Å². The highest BCUT2D eigenvalue weighted by atomic mass is 16.5. The summed E-state index contributed by atoms with van der Waals surface area (Å²) in [5.74, 6) is 1.05. The first-order valence-electron chi connectivity index (χ1n) is 11.1. The second-order valence-electron chi connectivity index (χ2n) is 8.66. The maximum Gasteiger partial charge on any atom is 0.227 e. The summed E-state index contributed by atoms with van der Waals surface area (Å²) >= 11 is 0. The normalized spacial score (nSPS) is 18.5. The Morgan fingerprint density at radius 1 is 1.09 bits per heavy atom. The van der Waals surface area contributed by atoms with Gasteiger partial charge in [-0.05, 0) is 60.7 Å². The number of hydrogen-bond acceptors (Lipinski definition) is 4. The third kappa shape index (κ3) is 4.39. The quantitative estimate of drug-likeness (QED) is 0.610. The molecular weight excluding hydrogens is 398 g/mol. The van der Waals surface area contributed by atoms with Crippen LogP contribution in [0.4, 0.5) is 0 Å². The minimum Gasteiger partial charge on any atom is -0.496 e. The number of methoxy groups -OCH3 is 1. The summed E-state index contributed by atoms with van der Waals surface area (Å²) in [6.07, 6.45) is 5.15. The molecule has 32 heavy (non-hydrogen) atoms. The highest BCUT2D eigenvalue weighted by molar-refractivity contribution is 5.84. The summed E-state index contributed by atoms with van der Waals surface area (Å²) in [7, 11) is 3.46. The van der Waals surface area contributed by atoms with Gasteiger partial charge < -0.3 is 10.1 Å². The van der Waals surface area contributed by atoms with Crippen LogP contribution in [-0.4, -0.2) is 43.0 Å². The molecule has 1 fully saturated rings. The van der Waals surface area contributed by atoms with E-state index < -0.39 is 5.41 Å². The van der Waals surface area contributed by atoms with Crippen LogP contribution in [-0.2, 0) is 17.8 Å². The smallest absolute Gasteiger partial charge is 0.227 e. The summed E-state index contributed by atoms with van der Waals surface area (Å²) in [4.78, 5) is 19.7. The first-order valence-corrected chi connectivity index (χ1v) is 11.1. The minimum atomic E-state index is -0.463. The Balaban J connectivity index is 1.61. The van der Waals surface area contributed by atoms with Gasteiger partial charge in [-0.1, -0.05) is 42.5 Å². The van der Waals surface area contributed by atoms with Crippen molar-refractivity contribution in [1.82, 2.24) is 15.2 Å². The predicted molar refractivity (Wildman–Crippen MR) is 128 cm³/mol. The van der Waals surface area contributed by atoms with Crippen molar-refractivity contribution in [2.45, 2.75) is 26.3 Å². The van der Waals surface area contributed by atoms with E-state index >= 15 is 0 Å². The van der Waals surface area contributed by atoms with Crippen LogP contribution >= 0.6 is 0 Å². The van der Waals surface area contributed by atoms with E-state index in [0.29, 0.717) is 13.0 Å². The van der Waals surface area contributed by atoms with E-state index in [0.717, 1.165) is 47.5 Å². The monoisotopic (exact) mass is 429 g/mol. The van der Waals surface area contributed by atoms with Gasteiger partial charge >= 0.3 is 0 Å². The SMILES string of the molecule is CNC(=O)C1(Cc2ccccc2-c2ccncc2)CCN(Cc2cccc(C)c2OC)C1. The molecule has 1 saturated heterocycles. The fourth-order valence-electron chi connectivity index (χ4n) is 4.99. The van der Waals surface area contributed by atoms with E-state index in [-0.39, 0.29) is 5.91 Å². The van der Waals surface area contributed by atoms with Crippen LogP contribution in [0.25, 0.3) is 11.1 Å². The van der Waals surface area contributed by atoms with Crippen molar-refractivity contribution in [1.29, 1.82) is 0 Å². The van der Waals surface area contributed by atoms with Crippen molar-refractivity contribution in [3.8, 4) is 16.9 Å². The molecule has 0 bridgehead atoms. The number of nitrogens with one attached hydrogen (secondary N) is 1. The van der Waals surface area contributed by atoms with E-state index in [9.17, 15) is 4.79 Å². The third-order valence-electron chi connectivity index (χ3n) is 6.57. The number of likely N-dealkylation sites (tertiary alicyclic amines) is 1. The number of hydrogen-bond donors (Lipinski definition) is 1. The number of aromatic nitrogens is 1. The average molecular weight is 430 g/mol. The Morgan fingerprint density at radius 2 is 1.84 bits per heavy atom. The maximum atomic E-state index is 13.2. The number of carbonyl (C=O) groups excluding carboxylic acids is 1. The summed E-state index contributed by atoms with van der Waals surface area (Å²) in [6, 6.07) is 18.7. The topological polar surface area (TPSA) is 54.5 Å². The number of aryl methyl sites for hydroxylation is 1. The summed E-state index contributed by atoms with van der Waals surface area (Å²) in [5.41, 5.74) is 5.32. The number of ether oxygens (including phenoxy) is 1. The number of nitrogens with zero attached hydrogens (tertiary/aromatic N) is 2. The molecule has 1 aliphatic heterocycles. The summed E-state index contributed by atoms with van der Waals surface area (Å²) in [6.45, 7) is 4.43. The van der Waals surface area contributed by atoms with Crippen molar-refractivity contribution >= 4 is 5.91 Å². The highest BCUT2D eigenvalue weighted by Crippen LogP contribution is 2.38. The fraction of sp³-hybridized carbons (Fsp3) is 0.333. The molecule has 5 nitrogen and oxygen atoms in total. The summed E-state index contributed by atoms with van der Waals surface area (Å²) < 4.78 is 5.66. The second kappa shape index (κ2) is 9.53. The van der Waals surface area contributed by atoms with Crippen LogP contribution in [0.3, 0.4) is 0 Å². The van der Waals surface area contributed by atoms with E-state index in [1.54, 1.807) is 14.2 Å². The zero-order valence-corrected chi connectivity index (χ0v) is 19.1. The lowest BCUT2D eigenvalue weighted by molar-refractivity contribution is -0.130. The Hall–Kier alpha value is -3.18. The fourth-order valence-corrected chi connectivity index (χ4v) is 4.99. The van der Waals surface area contributed by atoms with Gasteiger partial charge in [-0.25, -0.2) is 0 Å². The zero-order valence-electron chi connectivity index (χ0n) is 19.1. The molecule has 1 aliphatic rings. The Bertz CT molecular complexity index is 1080. The van der Waals surface area contributed by atoms with Crippen molar-refractivity contribution in [3.05, 3.63) is 83.7 Å². The molecule has 3 aromatic rings. The molecule has 166 valence electrons. The van der Waals surface area contributed by atoms with E-state index in [1.165, 1.54) is 5.56 Å². The Kier molecular flexibility index (Phi) is 6.56. The molecule has 0 aliphatic carbocycles. The predicted octanol–water partition coefficient (Wildman–Crippen LogP) is 4.25. The molecule has 1 amide bonds. The third-order valence-corrected chi connectivity index (χ3v) is 6.57. The molecular formula is C27H31N3O2. The maximum absolute atomic E-state index is 13.2. The van der Waals surface area contributed by atoms with Crippen LogP contribution in [0.2, 0.25) is 0 Å². The van der Waals surface area contributed by atoms with Gasteiger partial charge in [0.05, 0.1) is 12.5 Å². The Labute approximate surface area is 190 Å². The van der Waals surface area contributed by atoms with Gasteiger partial charge in [0, 0.05) is 38.1 Å². The first-order chi connectivity index (χ1) is 15.6. The number of pyridine rings is 1. The molecule has 2 heterocycles. The molecule has 2 aromatic carbocycles. The van der Waals surface area contributed by atoms with Crippen LogP contribution < -0.4 is 10.1 Å².